The number of rotatable bonds is 6. The first kappa shape index (κ1) is 18.1. The SMILES string of the molecule is O=C(COc1ccc2ccccc2c1Br)Nc1ccccc1OC(F)F. The highest BCUT2D eigenvalue weighted by Crippen LogP contribution is 2.33. The molecule has 0 aliphatic rings. The molecule has 0 unspecified atom stereocenters. The zero-order valence-corrected chi connectivity index (χ0v) is 15.0. The van der Waals surface area contributed by atoms with Gasteiger partial charge in [-0.25, -0.2) is 0 Å². The van der Waals surface area contributed by atoms with Crippen LogP contribution in [0.2, 0.25) is 0 Å². The molecule has 3 aromatic carbocycles. The summed E-state index contributed by atoms with van der Waals surface area (Å²) in [5, 5.41) is 4.50. The molecule has 134 valence electrons. The van der Waals surface area contributed by atoms with Gasteiger partial charge in [-0.1, -0.05) is 42.5 Å². The summed E-state index contributed by atoms with van der Waals surface area (Å²) in [4.78, 5) is 12.1. The normalized spacial score (nSPS) is 10.8. The van der Waals surface area contributed by atoms with Gasteiger partial charge in [0.2, 0.25) is 0 Å². The van der Waals surface area contributed by atoms with Crippen LogP contribution >= 0.6 is 15.9 Å². The molecule has 0 saturated heterocycles. The monoisotopic (exact) mass is 421 g/mol. The van der Waals surface area contributed by atoms with Gasteiger partial charge in [0.1, 0.15) is 11.5 Å². The van der Waals surface area contributed by atoms with Crippen molar-refractivity contribution in [3.8, 4) is 11.5 Å². The van der Waals surface area contributed by atoms with Gasteiger partial charge in [0.15, 0.2) is 6.61 Å². The summed E-state index contributed by atoms with van der Waals surface area (Å²) in [6.45, 7) is -3.25. The van der Waals surface area contributed by atoms with E-state index in [9.17, 15) is 13.6 Å². The number of para-hydroxylation sites is 2. The van der Waals surface area contributed by atoms with Crippen molar-refractivity contribution < 1.29 is 23.0 Å². The third-order valence-corrected chi connectivity index (χ3v) is 4.38. The highest BCUT2D eigenvalue weighted by Gasteiger charge is 2.13. The number of hydrogen-bond donors (Lipinski definition) is 1. The number of benzene rings is 3. The number of ether oxygens (including phenoxy) is 2. The summed E-state index contributed by atoms with van der Waals surface area (Å²) in [6, 6.07) is 17.4. The van der Waals surface area contributed by atoms with E-state index in [1.807, 2.05) is 30.3 Å². The number of alkyl halides is 2. The van der Waals surface area contributed by atoms with E-state index in [0.29, 0.717) is 5.75 Å². The Balaban J connectivity index is 1.68. The molecule has 3 aromatic rings. The lowest BCUT2D eigenvalue weighted by Crippen LogP contribution is -2.21. The van der Waals surface area contributed by atoms with Crippen LogP contribution in [0.5, 0.6) is 11.5 Å². The smallest absolute Gasteiger partial charge is 0.387 e. The Labute approximate surface area is 156 Å². The van der Waals surface area contributed by atoms with Crippen molar-refractivity contribution in [1.29, 1.82) is 0 Å². The average molecular weight is 422 g/mol. The van der Waals surface area contributed by atoms with Crippen LogP contribution in [-0.2, 0) is 4.79 Å². The average Bonchev–Trinajstić information content (AvgIpc) is 2.63. The van der Waals surface area contributed by atoms with Crippen molar-refractivity contribution in [3.05, 3.63) is 65.1 Å². The molecule has 0 spiro atoms. The molecule has 1 amide bonds. The first-order valence-electron chi connectivity index (χ1n) is 7.68. The van der Waals surface area contributed by atoms with Crippen molar-refractivity contribution in [3.63, 3.8) is 0 Å². The van der Waals surface area contributed by atoms with Gasteiger partial charge in [-0.15, -0.1) is 0 Å². The van der Waals surface area contributed by atoms with Crippen LogP contribution in [0.4, 0.5) is 14.5 Å². The summed E-state index contributed by atoms with van der Waals surface area (Å²) in [6.07, 6.45) is 0. The van der Waals surface area contributed by atoms with Gasteiger partial charge in [0, 0.05) is 0 Å². The predicted octanol–water partition coefficient (Wildman–Crippen LogP) is 5.22. The van der Waals surface area contributed by atoms with E-state index in [2.05, 4.69) is 26.0 Å². The van der Waals surface area contributed by atoms with Gasteiger partial charge in [-0.3, -0.25) is 4.79 Å². The van der Waals surface area contributed by atoms with Crippen molar-refractivity contribution in [2.24, 2.45) is 0 Å². The van der Waals surface area contributed by atoms with Gasteiger partial charge in [-0.05, 0) is 44.9 Å². The maximum absolute atomic E-state index is 12.4. The van der Waals surface area contributed by atoms with E-state index in [-0.39, 0.29) is 18.0 Å². The van der Waals surface area contributed by atoms with Crippen molar-refractivity contribution in [1.82, 2.24) is 0 Å². The lowest BCUT2D eigenvalue weighted by atomic mass is 10.1. The lowest BCUT2D eigenvalue weighted by molar-refractivity contribution is -0.118. The molecule has 0 bridgehead atoms. The molecular weight excluding hydrogens is 408 g/mol. The Morgan fingerprint density at radius 3 is 2.54 bits per heavy atom. The lowest BCUT2D eigenvalue weighted by Gasteiger charge is -2.13. The van der Waals surface area contributed by atoms with Crippen LogP contribution in [-0.4, -0.2) is 19.1 Å². The fourth-order valence-corrected chi connectivity index (χ4v) is 3.03. The Hall–Kier alpha value is -2.67. The minimum Gasteiger partial charge on any atom is -0.483 e. The number of amides is 1. The van der Waals surface area contributed by atoms with Crippen LogP contribution in [0.25, 0.3) is 10.8 Å². The fourth-order valence-electron chi connectivity index (χ4n) is 2.42. The molecule has 0 aliphatic heterocycles. The van der Waals surface area contributed by atoms with Gasteiger partial charge >= 0.3 is 6.61 Å². The second kappa shape index (κ2) is 8.14. The summed E-state index contributed by atoms with van der Waals surface area (Å²) in [7, 11) is 0. The molecule has 0 radical (unpaired) electrons. The zero-order valence-electron chi connectivity index (χ0n) is 13.4. The Morgan fingerprint density at radius 2 is 1.73 bits per heavy atom. The summed E-state index contributed by atoms with van der Waals surface area (Å²) in [5.74, 6) is -0.0888. The topological polar surface area (TPSA) is 47.6 Å². The summed E-state index contributed by atoms with van der Waals surface area (Å²) in [5.41, 5.74) is 0.152. The van der Waals surface area contributed by atoms with E-state index >= 15 is 0 Å². The zero-order chi connectivity index (χ0) is 18.5. The number of anilines is 1. The molecule has 0 aliphatic carbocycles. The Morgan fingerprint density at radius 1 is 1.00 bits per heavy atom. The van der Waals surface area contributed by atoms with Gasteiger partial charge in [0.05, 0.1) is 10.2 Å². The Bertz CT molecular complexity index is 934. The third-order valence-electron chi connectivity index (χ3n) is 3.56. The maximum atomic E-state index is 12.4. The second-order valence-electron chi connectivity index (χ2n) is 5.31. The van der Waals surface area contributed by atoms with E-state index < -0.39 is 12.5 Å². The molecule has 0 heterocycles. The van der Waals surface area contributed by atoms with Crippen LogP contribution in [0, 0.1) is 0 Å². The Kier molecular flexibility index (Phi) is 5.68. The van der Waals surface area contributed by atoms with E-state index in [0.717, 1.165) is 15.2 Å². The van der Waals surface area contributed by atoms with Crippen LogP contribution in [0.15, 0.2) is 65.1 Å². The number of nitrogens with one attached hydrogen (secondary N) is 1. The first-order valence-corrected chi connectivity index (χ1v) is 8.47. The molecule has 0 aromatic heterocycles. The maximum Gasteiger partial charge on any atom is 0.387 e. The number of fused-ring (bicyclic) bond motifs is 1. The van der Waals surface area contributed by atoms with Crippen LogP contribution in [0.1, 0.15) is 0 Å². The molecule has 0 atom stereocenters. The van der Waals surface area contributed by atoms with Crippen molar-refractivity contribution in [2.75, 3.05) is 11.9 Å². The molecule has 26 heavy (non-hydrogen) atoms. The molecule has 4 nitrogen and oxygen atoms in total. The van der Waals surface area contributed by atoms with E-state index in [1.54, 1.807) is 12.1 Å². The van der Waals surface area contributed by atoms with E-state index in [4.69, 9.17) is 4.74 Å². The van der Waals surface area contributed by atoms with Crippen molar-refractivity contribution in [2.45, 2.75) is 6.61 Å². The highest BCUT2D eigenvalue weighted by molar-refractivity contribution is 9.10. The van der Waals surface area contributed by atoms with Crippen LogP contribution < -0.4 is 14.8 Å². The molecule has 7 heteroatoms. The molecule has 3 rings (SSSR count). The van der Waals surface area contributed by atoms with E-state index in [1.165, 1.54) is 18.2 Å². The van der Waals surface area contributed by atoms with Crippen LogP contribution in [0.3, 0.4) is 0 Å². The van der Waals surface area contributed by atoms with Gasteiger partial charge in [-0.2, -0.15) is 8.78 Å². The highest BCUT2D eigenvalue weighted by atomic mass is 79.9. The molecule has 1 N–H and O–H groups in total. The molecular formula is C19H14BrF2NO3. The molecule has 0 saturated carbocycles. The van der Waals surface area contributed by atoms with Gasteiger partial charge < -0.3 is 14.8 Å². The molecule has 0 fully saturated rings. The predicted molar refractivity (Wildman–Crippen MR) is 98.8 cm³/mol. The summed E-state index contributed by atoms with van der Waals surface area (Å²) >= 11 is 3.48. The number of halogens is 3. The number of carbonyl (C=O) groups excluding carboxylic acids is 1. The first-order chi connectivity index (χ1) is 12.5. The number of hydrogen-bond acceptors (Lipinski definition) is 3. The second-order valence-corrected chi connectivity index (χ2v) is 6.10. The number of carbonyl (C=O) groups is 1. The largest absolute Gasteiger partial charge is 0.483 e. The van der Waals surface area contributed by atoms with Gasteiger partial charge in [0.25, 0.3) is 5.91 Å². The third kappa shape index (κ3) is 4.29. The standard InChI is InChI=1S/C19H14BrF2NO3/c20-18-13-6-2-1-5-12(13)9-10-16(18)25-11-17(24)23-14-7-3-4-8-15(14)26-19(21)22/h1-10,19H,11H2,(H,23,24). The quantitative estimate of drug-likeness (QED) is 0.593. The minimum absolute atomic E-state index is 0.109. The summed E-state index contributed by atoms with van der Waals surface area (Å²) < 4.78 is 35.5. The minimum atomic E-state index is -2.97. The fraction of sp³-hybridized carbons (Fsp3) is 0.105. The van der Waals surface area contributed by atoms with Crippen molar-refractivity contribution >= 4 is 38.3 Å².